The molecular weight excluding hydrogens is 212 g/mol. The van der Waals surface area contributed by atoms with E-state index in [1.54, 1.807) is 0 Å². The van der Waals surface area contributed by atoms with Crippen molar-refractivity contribution in [3.63, 3.8) is 0 Å². The quantitative estimate of drug-likeness (QED) is 0.633. The van der Waals surface area contributed by atoms with Crippen LogP contribution in [0.3, 0.4) is 0 Å². The predicted molar refractivity (Wildman–Crippen MR) is 35.9 cm³/mol. The van der Waals surface area contributed by atoms with Gasteiger partial charge in [0, 0.05) is 0 Å². The summed E-state index contributed by atoms with van der Waals surface area (Å²) in [6.45, 7) is 1.71. The van der Waals surface area contributed by atoms with E-state index in [1.807, 2.05) is 0 Å². The Morgan fingerprint density at radius 1 is 1.54 bits per heavy atom. The maximum absolute atomic E-state index is 12.3. The molecule has 0 bridgehead atoms. The Balaban J connectivity index is 3.01. The number of hydrogen-bond donors (Lipinski definition) is 1. The van der Waals surface area contributed by atoms with Gasteiger partial charge in [-0.15, -0.1) is 0 Å². The molecule has 0 spiro atoms. The minimum Gasteiger partial charge on any atom is -0.302 e. The summed E-state index contributed by atoms with van der Waals surface area (Å²) in [6, 6.07) is 0. The van der Waals surface area contributed by atoms with Crippen molar-refractivity contribution < 1.29 is 31.7 Å². The van der Waals surface area contributed by atoms with Gasteiger partial charge in [-0.25, -0.2) is 4.57 Å². The highest BCUT2D eigenvalue weighted by Crippen LogP contribution is 2.60. The molecule has 0 aromatic rings. The minimum absolute atomic E-state index is 0.674. The van der Waals surface area contributed by atoms with E-state index in [4.69, 9.17) is 4.89 Å². The fourth-order valence-electron chi connectivity index (χ4n) is 0.918. The first kappa shape index (κ1) is 11.0. The first-order chi connectivity index (χ1) is 5.58. The predicted octanol–water partition coefficient (Wildman–Crippen LogP) is 1.84. The molecule has 0 amide bonds. The highest BCUT2D eigenvalue weighted by Gasteiger charge is 2.65. The molecule has 78 valence electrons. The van der Waals surface area contributed by atoms with E-state index in [-0.39, 0.29) is 0 Å². The van der Waals surface area contributed by atoms with Crippen molar-refractivity contribution >= 4 is 7.82 Å². The van der Waals surface area contributed by atoms with Gasteiger partial charge in [-0.3, -0.25) is 9.05 Å². The van der Waals surface area contributed by atoms with Gasteiger partial charge in [0.2, 0.25) is 0 Å². The SMILES string of the molecule is CC1OP(=O)(O)OC1(C)C(F)(F)F. The van der Waals surface area contributed by atoms with E-state index in [0.29, 0.717) is 6.92 Å². The molecule has 3 atom stereocenters. The van der Waals surface area contributed by atoms with E-state index in [0.717, 1.165) is 6.92 Å². The van der Waals surface area contributed by atoms with Crippen LogP contribution in [0.15, 0.2) is 0 Å². The monoisotopic (exact) mass is 220 g/mol. The van der Waals surface area contributed by atoms with Gasteiger partial charge in [-0.05, 0) is 13.8 Å². The molecule has 1 fully saturated rings. The van der Waals surface area contributed by atoms with Crippen LogP contribution in [0.2, 0.25) is 0 Å². The van der Waals surface area contributed by atoms with Crippen molar-refractivity contribution in [3.8, 4) is 0 Å². The molecule has 0 saturated carbocycles. The summed E-state index contributed by atoms with van der Waals surface area (Å²) in [5.74, 6) is 0. The van der Waals surface area contributed by atoms with Crippen molar-refractivity contribution in [3.05, 3.63) is 0 Å². The van der Waals surface area contributed by atoms with Crippen LogP contribution in [0.5, 0.6) is 0 Å². The molecule has 1 saturated heterocycles. The van der Waals surface area contributed by atoms with E-state index in [9.17, 15) is 17.7 Å². The molecule has 1 N–H and O–H groups in total. The number of phosphoric acid groups is 1. The molecular formula is C5H8F3O4P. The Hall–Kier alpha value is -0.100. The third-order valence-electron chi connectivity index (χ3n) is 1.93. The van der Waals surface area contributed by atoms with Gasteiger partial charge < -0.3 is 4.89 Å². The Labute approximate surface area is 72.3 Å². The Bertz CT molecular complexity index is 265. The van der Waals surface area contributed by atoms with Gasteiger partial charge in [0.15, 0.2) is 5.60 Å². The summed E-state index contributed by atoms with van der Waals surface area (Å²) in [4.78, 5) is 8.67. The molecule has 1 rings (SSSR count). The lowest BCUT2D eigenvalue weighted by Crippen LogP contribution is -2.48. The van der Waals surface area contributed by atoms with Crippen LogP contribution in [0.4, 0.5) is 13.2 Å². The molecule has 3 unspecified atom stereocenters. The standard InChI is InChI=1S/C5H8F3O4P/c1-3-4(2,5(6,7)8)12-13(9,10)11-3/h3H,1-2H3,(H,9,10). The fourth-order valence-corrected chi connectivity index (χ4v) is 2.29. The van der Waals surface area contributed by atoms with Crippen LogP contribution in [0.25, 0.3) is 0 Å². The molecule has 13 heavy (non-hydrogen) atoms. The highest BCUT2D eigenvalue weighted by molar-refractivity contribution is 7.47. The fraction of sp³-hybridized carbons (Fsp3) is 1.00. The van der Waals surface area contributed by atoms with Crippen LogP contribution in [-0.4, -0.2) is 22.8 Å². The zero-order chi connectivity index (χ0) is 10.5. The average Bonchev–Trinajstić information content (AvgIpc) is 2.00. The molecule has 8 heteroatoms. The van der Waals surface area contributed by atoms with E-state index in [2.05, 4.69) is 9.05 Å². The van der Waals surface area contributed by atoms with Crippen LogP contribution < -0.4 is 0 Å². The summed E-state index contributed by atoms with van der Waals surface area (Å²) < 4.78 is 55.7. The summed E-state index contributed by atoms with van der Waals surface area (Å²) in [7, 11) is -4.54. The smallest absolute Gasteiger partial charge is 0.302 e. The van der Waals surface area contributed by atoms with Gasteiger partial charge in [0.25, 0.3) is 0 Å². The molecule has 1 aliphatic heterocycles. The van der Waals surface area contributed by atoms with Gasteiger partial charge in [0.05, 0.1) is 0 Å². The first-order valence-electron chi connectivity index (χ1n) is 3.37. The van der Waals surface area contributed by atoms with Crippen molar-refractivity contribution in [2.24, 2.45) is 0 Å². The lowest BCUT2D eigenvalue weighted by Gasteiger charge is -2.27. The van der Waals surface area contributed by atoms with E-state index < -0.39 is 25.7 Å². The topological polar surface area (TPSA) is 55.8 Å². The van der Waals surface area contributed by atoms with E-state index in [1.165, 1.54) is 0 Å². The lowest BCUT2D eigenvalue weighted by atomic mass is 10.0. The van der Waals surface area contributed by atoms with Crippen LogP contribution >= 0.6 is 7.82 Å². The molecule has 0 aliphatic carbocycles. The maximum Gasteiger partial charge on any atom is 0.473 e. The Morgan fingerprint density at radius 3 is 2.15 bits per heavy atom. The number of alkyl halides is 3. The number of hydrogen-bond acceptors (Lipinski definition) is 3. The van der Waals surface area contributed by atoms with Crippen molar-refractivity contribution in [1.82, 2.24) is 0 Å². The Kier molecular flexibility index (Phi) is 2.28. The van der Waals surface area contributed by atoms with E-state index >= 15 is 0 Å². The summed E-state index contributed by atoms with van der Waals surface area (Å²) in [6.07, 6.45) is -6.23. The third kappa shape index (κ3) is 1.74. The summed E-state index contributed by atoms with van der Waals surface area (Å²) in [5.41, 5.74) is -2.71. The van der Waals surface area contributed by atoms with Crippen LogP contribution in [0.1, 0.15) is 13.8 Å². The van der Waals surface area contributed by atoms with Gasteiger partial charge in [-0.1, -0.05) is 0 Å². The zero-order valence-electron chi connectivity index (χ0n) is 6.83. The van der Waals surface area contributed by atoms with Crippen LogP contribution in [0, 0.1) is 0 Å². The lowest BCUT2D eigenvalue weighted by molar-refractivity contribution is -0.248. The second kappa shape index (κ2) is 2.70. The number of halogens is 3. The summed E-state index contributed by atoms with van der Waals surface area (Å²) >= 11 is 0. The van der Waals surface area contributed by atoms with Gasteiger partial charge >= 0.3 is 14.0 Å². The van der Waals surface area contributed by atoms with Crippen LogP contribution in [-0.2, 0) is 13.6 Å². The largest absolute Gasteiger partial charge is 0.473 e. The minimum atomic E-state index is -4.73. The van der Waals surface area contributed by atoms with Crippen molar-refractivity contribution in [1.29, 1.82) is 0 Å². The first-order valence-corrected chi connectivity index (χ1v) is 4.87. The molecule has 1 heterocycles. The summed E-state index contributed by atoms with van der Waals surface area (Å²) in [5, 5.41) is 0. The molecule has 0 aromatic heterocycles. The average molecular weight is 220 g/mol. The second-order valence-electron chi connectivity index (χ2n) is 2.91. The number of phosphoric ester groups is 1. The maximum atomic E-state index is 12.3. The van der Waals surface area contributed by atoms with Crippen molar-refractivity contribution in [2.45, 2.75) is 31.7 Å². The second-order valence-corrected chi connectivity index (χ2v) is 4.24. The molecule has 0 radical (unpaired) electrons. The Morgan fingerprint density at radius 2 is 2.00 bits per heavy atom. The number of rotatable bonds is 0. The normalized spacial score (nSPS) is 46.8. The van der Waals surface area contributed by atoms with Crippen molar-refractivity contribution in [2.75, 3.05) is 0 Å². The molecule has 4 nitrogen and oxygen atoms in total. The van der Waals surface area contributed by atoms with Gasteiger partial charge in [-0.2, -0.15) is 13.2 Å². The van der Waals surface area contributed by atoms with Gasteiger partial charge in [0.1, 0.15) is 6.10 Å². The third-order valence-corrected chi connectivity index (χ3v) is 3.13. The molecule has 1 aliphatic rings. The molecule has 0 aromatic carbocycles. The zero-order valence-corrected chi connectivity index (χ0v) is 7.72. The highest BCUT2D eigenvalue weighted by atomic mass is 31.2.